The quantitative estimate of drug-likeness (QED) is 0.787. The van der Waals surface area contributed by atoms with Gasteiger partial charge in [0, 0.05) is 37.7 Å². The number of nitrogens with zero attached hydrogens (tertiary/aromatic N) is 3. The van der Waals surface area contributed by atoms with Crippen LogP contribution >= 0.6 is 0 Å². The van der Waals surface area contributed by atoms with Gasteiger partial charge in [-0.15, -0.1) is 0 Å². The number of hydrogen-bond acceptors (Lipinski definition) is 5. The Kier molecular flexibility index (Phi) is 4.48. The highest BCUT2D eigenvalue weighted by atomic mass is 32.2. The van der Waals surface area contributed by atoms with E-state index < -0.39 is 10.0 Å². The molecule has 0 amide bonds. The molecule has 0 radical (unpaired) electrons. The summed E-state index contributed by atoms with van der Waals surface area (Å²) in [5, 5.41) is -0.00724. The van der Waals surface area contributed by atoms with Crippen LogP contribution < -0.4 is 10.5 Å². The lowest BCUT2D eigenvalue weighted by Gasteiger charge is -2.14. The summed E-state index contributed by atoms with van der Waals surface area (Å²) in [4.78, 5) is 7.83. The molecule has 0 aliphatic heterocycles. The van der Waals surface area contributed by atoms with Gasteiger partial charge < -0.3 is 10.3 Å². The minimum Gasteiger partial charge on any atom is -0.336 e. The number of hydrogen-bond donors (Lipinski definition) is 2. The number of sulfonamides is 1. The van der Waals surface area contributed by atoms with Crippen LogP contribution in [0, 0.1) is 0 Å². The third-order valence-corrected chi connectivity index (χ3v) is 4.21. The lowest BCUT2D eigenvalue weighted by atomic mass is 10.3. The third-order valence-electron chi connectivity index (χ3n) is 2.71. The van der Waals surface area contributed by atoms with Gasteiger partial charge >= 0.3 is 0 Å². The summed E-state index contributed by atoms with van der Waals surface area (Å²) in [5.74, 6) is 0. The Morgan fingerprint density at radius 2 is 2.25 bits per heavy atom. The number of nitrogens with one attached hydrogen (secondary N) is 1. The number of imidazole rings is 1. The lowest BCUT2D eigenvalue weighted by molar-refractivity contribution is 0.518. The van der Waals surface area contributed by atoms with Gasteiger partial charge in [-0.2, -0.15) is 0 Å². The first-order valence-electron chi connectivity index (χ1n) is 6.14. The molecule has 0 aromatic carbocycles. The van der Waals surface area contributed by atoms with Gasteiger partial charge in [0.2, 0.25) is 0 Å². The fraction of sp³-hybridized carbons (Fsp3) is 0.333. The summed E-state index contributed by atoms with van der Waals surface area (Å²) >= 11 is 0. The maximum Gasteiger partial charge on any atom is 0.258 e. The Bertz CT molecular complexity index is 637. The van der Waals surface area contributed by atoms with Crippen LogP contribution in [0.3, 0.4) is 0 Å². The molecular weight excluding hydrogens is 278 g/mol. The standard InChI is InChI=1S/C12H17N5O2S/c1-10(8-17-5-4-14-9-17)16-20(18,19)12-3-2-11(6-13)7-15-12/h2-5,7,9-10,16H,6,8,13H2,1H3. The number of rotatable bonds is 6. The van der Waals surface area contributed by atoms with Gasteiger partial charge in [-0.1, -0.05) is 6.07 Å². The molecule has 2 heterocycles. The molecule has 7 nitrogen and oxygen atoms in total. The van der Waals surface area contributed by atoms with E-state index in [1.54, 1.807) is 36.3 Å². The Hall–Kier alpha value is -1.77. The van der Waals surface area contributed by atoms with Crippen molar-refractivity contribution < 1.29 is 8.42 Å². The lowest BCUT2D eigenvalue weighted by Crippen LogP contribution is -2.35. The van der Waals surface area contributed by atoms with Crippen LogP contribution in [-0.4, -0.2) is 29.0 Å². The molecule has 0 aliphatic rings. The third kappa shape index (κ3) is 3.62. The Balaban J connectivity index is 2.05. The van der Waals surface area contributed by atoms with Crippen molar-refractivity contribution in [2.75, 3.05) is 0 Å². The van der Waals surface area contributed by atoms with Gasteiger partial charge in [0.1, 0.15) is 0 Å². The predicted molar refractivity (Wildman–Crippen MR) is 74.1 cm³/mol. The van der Waals surface area contributed by atoms with Gasteiger partial charge in [0.15, 0.2) is 5.03 Å². The van der Waals surface area contributed by atoms with E-state index >= 15 is 0 Å². The summed E-state index contributed by atoms with van der Waals surface area (Å²) < 4.78 is 28.7. The molecule has 2 rings (SSSR count). The van der Waals surface area contributed by atoms with Crippen molar-refractivity contribution in [1.29, 1.82) is 0 Å². The summed E-state index contributed by atoms with van der Waals surface area (Å²) in [6.07, 6.45) is 6.53. The maximum absolute atomic E-state index is 12.1. The Morgan fingerprint density at radius 1 is 1.45 bits per heavy atom. The second-order valence-electron chi connectivity index (χ2n) is 4.49. The molecule has 2 aromatic heterocycles. The van der Waals surface area contributed by atoms with E-state index in [9.17, 15) is 8.42 Å². The van der Waals surface area contributed by atoms with E-state index in [0.717, 1.165) is 5.56 Å². The number of pyridine rings is 1. The first-order chi connectivity index (χ1) is 9.51. The highest BCUT2D eigenvalue weighted by Crippen LogP contribution is 2.07. The average molecular weight is 295 g/mol. The van der Waals surface area contributed by atoms with Gasteiger partial charge in [0.25, 0.3) is 10.0 Å². The van der Waals surface area contributed by atoms with Gasteiger partial charge in [0.05, 0.1) is 6.33 Å². The fourth-order valence-electron chi connectivity index (χ4n) is 1.76. The van der Waals surface area contributed by atoms with Crippen LogP contribution in [0.2, 0.25) is 0 Å². The first kappa shape index (κ1) is 14.6. The van der Waals surface area contributed by atoms with Crippen LogP contribution in [-0.2, 0) is 23.1 Å². The SMILES string of the molecule is CC(Cn1ccnc1)NS(=O)(=O)c1ccc(CN)cn1. The molecule has 3 N–H and O–H groups in total. The molecule has 0 spiro atoms. The minimum absolute atomic E-state index is 0.00724. The minimum atomic E-state index is -3.62. The zero-order chi connectivity index (χ0) is 14.6. The van der Waals surface area contributed by atoms with Crippen molar-refractivity contribution in [3.63, 3.8) is 0 Å². The molecule has 108 valence electrons. The molecular formula is C12H17N5O2S. The van der Waals surface area contributed by atoms with Crippen LogP contribution in [0.4, 0.5) is 0 Å². The second kappa shape index (κ2) is 6.12. The molecule has 8 heteroatoms. The largest absolute Gasteiger partial charge is 0.336 e. The van der Waals surface area contributed by atoms with Crippen molar-refractivity contribution in [3.05, 3.63) is 42.6 Å². The van der Waals surface area contributed by atoms with Crippen LogP contribution in [0.5, 0.6) is 0 Å². The van der Waals surface area contributed by atoms with Crippen molar-refractivity contribution in [2.24, 2.45) is 5.73 Å². The summed E-state index contributed by atoms with van der Waals surface area (Å²) in [5.41, 5.74) is 6.24. The zero-order valence-electron chi connectivity index (χ0n) is 11.1. The Labute approximate surface area is 117 Å². The monoisotopic (exact) mass is 295 g/mol. The predicted octanol–water partition coefficient (Wildman–Crippen LogP) is 0.104. The van der Waals surface area contributed by atoms with Gasteiger partial charge in [-0.05, 0) is 18.6 Å². The molecule has 1 atom stereocenters. The van der Waals surface area contributed by atoms with Crippen LogP contribution in [0.15, 0.2) is 42.1 Å². The van der Waals surface area contributed by atoms with Crippen molar-refractivity contribution >= 4 is 10.0 Å². The first-order valence-corrected chi connectivity index (χ1v) is 7.62. The van der Waals surface area contributed by atoms with Crippen molar-refractivity contribution in [3.8, 4) is 0 Å². The average Bonchev–Trinajstić information content (AvgIpc) is 2.91. The molecule has 0 aliphatic carbocycles. The fourth-order valence-corrected chi connectivity index (χ4v) is 2.93. The van der Waals surface area contributed by atoms with E-state index in [4.69, 9.17) is 5.73 Å². The van der Waals surface area contributed by atoms with E-state index in [1.807, 2.05) is 0 Å². The Morgan fingerprint density at radius 3 is 2.80 bits per heavy atom. The van der Waals surface area contributed by atoms with Crippen molar-refractivity contribution in [2.45, 2.75) is 31.1 Å². The van der Waals surface area contributed by atoms with Gasteiger partial charge in [-0.25, -0.2) is 23.1 Å². The van der Waals surface area contributed by atoms with Crippen LogP contribution in [0.1, 0.15) is 12.5 Å². The molecule has 20 heavy (non-hydrogen) atoms. The topological polar surface area (TPSA) is 103 Å². The molecule has 0 bridgehead atoms. The van der Waals surface area contributed by atoms with E-state index in [2.05, 4.69) is 14.7 Å². The summed E-state index contributed by atoms with van der Waals surface area (Å²) in [6.45, 7) is 2.61. The highest BCUT2D eigenvalue weighted by molar-refractivity contribution is 7.89. The smallest absolute Gasteiger partial charge is 0.258 e. The molecule has 1 unspecified atom stereocenters. The van der Waals surface area contributed by atoms with Crippen LogP contribution in [0.25, 0.3) is 0 Å². The van der Waals surface area contributed by atoms with E-state index in [0.29, 0.717) is 13.1 Å². The number of aromatic nitrogens is 3. The molecule has 0 saturated carbocycles. The van der Waals surface area contributed by atoms with Crippen molar-refractivity contribution in [1.82, 2.24) is 19.3 Å². The summed E-state index contributed by atoms with van der Waals surface area (Å²) in [6, 6.07) is 2.83. The summed E-state index contributed by atoms with van der Waals surface area (Å²) in [7, 11) is -3.62. The van der Waals surface area contributed by atoms with E-state index in [1.165, 1.54) is 12.3 Å². The normalized spacial score (nSPS) is 13.3. The highest BCUT2D eigenvalue weighted by Gasteiger charge is 2.18. The van der Waals surface area contributed by atoms with E-state index in [-0.39, 0.29) is 11.1 Å². The number of nitrogens with two attached hydrogens (primary N) is 1. The molecule has 2 aromatic rings. The molecule has 0 fully saturated rings. The zero-order valence-corrected chi connectivity index (χ0v) is 11.9. The second-order valence-corrected chi connectivity index (χ2v) is 6.15. The van der Waals surface area contributed by atoms with Gasteiger partial charge in [-0.3, -0.25) is 0 Å². The maximum atomic E-state index is 12.1. The molecule has 0 saturated heterocycles.